The lowest BCUT2D eigenvalue weighted by molar-refractivity contribution is -0.122. The molecule has 2 aromatic carbocycles. The van der Waals surface area contributed by atoms with Crippen molar-refractivity contribution >= 4 is 46.9 Å². The number of imide groups is 2. The Labute approximate surface area is 192 Å². The van der Waals surface area contributed by atoms with Gasteiger partial charge in [-0.05, 0) is 86.7 Å². The molecule has 4 rings (SSSR count). The van der Waals surface area contributed by atoms with Gasteiger partial charge in [0.2, 0.25) is 0 Å². The van der Waals surface area contributed by atoms with Crippen LogP contribution in [0.1, 0.15) is 51.2 Å². The SMILES string of the molecule is CCN1c2ccc(/C=C3\C(=O)NC(=O)N(c4ccc(Cl)cc4)C3=O)cc2[C@H](C)CC1(C)C. The molecule has 0 bridgehead atoms. The minimum atomic E-state index is -0.778. The summed E-state index contributed by atoms with van der Waals surface area (Å²) in [5.74, 6) is -1.03. The first-order chi connectivity index (χ1) is 15.1. The summed E-state index contributed by atoms with van der Waals surface area (Å²) in [4.78, 5) is 41.3. The van der Waals surface area contributed by atoms with Crippen molar-refractivity contribution < 1.29 is 14.4 Å². The molecule has 1 atom stereocenters. The maximum atomic E-state index is 13.1. The van der Waals surface area contributed by atoms with Crippen LogP contribution in [0, 0.1) is 0 Å². The highest BCUT2D eigenvalue weighted by Crippen LogP contribution is 2.43. The second-order valence-corrected chi connectivity index (χ2v) is 9.35. The molecule has 7 heteroatoms. The Bertz CT molecular complexity index is 1140. The van der Waals surface area contributed by atoms with Crippen LogP contribution in [0.5, 0.6) is 0 Å². The third kappa shape index (κ3) is 3.79. The Morgan fingerprint density at radius 1 is 1.12 bits per heavy atom. The predicted molar refractivity (Wildman–Crippen MR) is 127 cm³/mol. The molecule has 1 saturated heterocycles. The number of barbiturate groups is 1. The van der Waals surface area contributed by atoms with Gasteiger partial charge in [-0.15, -0.1) is 0 Å². The van der Waals surface area contributed by atoms with Gasteiger partial charge in [0, 0.05) is 22.8 Å². The summed E-state index contributed by atoms with van der Waals surface area (Å²) < 4.78 is 0. The van der Waals surface area contributed by atoms with Crippen molar-refractivity contribution in [2.45, 2.75) is 45.6 Å². The maximum Gasteiger partial charge on any atom is 0.335 e. The van der Waals surface area contributed by atoms with Gasteiger partial charge in [-0.2, -0.15) is 0 Å². The molecule has 1 fully saturated rings. The molecule has 2 aliphatic heterocycles. The van der Waals surface area contributed by atoms with E-state index < -0.39 is 17.8 Å². The predicted octanol–water partition coefficient (Wildman–Crippen LogP) is 5.12. The second-order valence-electron chi connectivity index (χ2n) is 8.91. The molecule has 0 unspecified atom stereocenters. The maximum absolute atomic E-state index is 13.1. The van der Waals surface area contributed by atoms with Crippen LogP contribution in [0.2, 0.25) is 5.02 Å². The molecule has 0 aliphatic carbocycles. The third-order valence-electron chi connectivity index (χ3n) is 6.22. The van der Waals surface area contributed by atoms with Gasteiger partial charge in [-0.3, -0.25) is 14.9 Å². The molecule has 0 spiro atoms. The number of carbonyl (C=O) groups excluding carboxylic acids is 3. The van der Waals surface area contributed by atoms with Gasteiger partial charge in [-0.1, -0.05) is 24.6 Å². The zero-order valence-corrected chi connectivity index (χ0v) is 19.4. The number of anilines is 2. The average Bonchev–Trinajstić information content (AvgIpc) is 2.72. The number of benzene rings is 2. The van der Waals surface area contributed by atoms with E-state index in [9.17, 15) is 14.4 Å². The van der Waals surface area contributed by atoms with Crippen LogP contribution < -0.4 is 15.1 Å². The highest BCUT2D eigenvalue weighted by Gasteiger charge is 2.38. The fourth-order valence-electron chi connectivity index (χ4n) is 4.85. The Kier molecular flexibility index (Phi) is 5.59. The smallest absolute Gasteiger partial charge is 0.335 e. The van der Waals surface area contributed by atoms with Crippen molar-refractivity contribution in [3.05, 3.63) is 64.2 Å². The molecule has 166 valence electrons. The molecule has 2 aliphatic rings. The molecule has 0 aromatic heterocycles. The minimum Gasteiger partial charge on any atom is -0.366 e. The summed E-state index contributed by atoms with van der Waals surface area (Å²) in [6.45, 7) is 9.74. The lowest BCUT2D eigenvalue weighted by Gasteiger charge is -2.47. The molecular formula is C25H26ClN3O3. The first-order valence-corrected chi connectivity index (χ1v) is 11.1. The number of hydrogen-bond donors (Lipinski definition) is 1. The van der Waals surface area contributed by atoms with Gasteiger partial charge in [0.15, 0.2) is 0 Å². The number of halogens is 1. The van der Waals surface area contributed by atoms with Gasteiger partial charge in [0.25, 0.3) is 11.8 Å². The van der Waals surface area contributed by atoms with Gasteiger partial charge >= 0.3 is 6.03 Å². The molecular weight excluding hydrogens is 426 g/mol. The fraction of sp³-hybridized carbons (Fsp3) is 0.320. The standard InChI is InChI=1S/C25H26ClN3O3/c1-5-28-21-11-6-16(12-19(21)15(2)14-25(28,3)4)13-20-22(30)27-24(32)29(23(20)31)18-9-7-17(26)8-10-18/h6-13,15H,5,14H2,1-4H3,(H,27,30,32)/b20-13+/t15-/m1/s1. The molecule has 6 nitrogen and oxygen atoms in total. The van der Waals surface area contributed by atoms with Crippen molar-refractivity contribution in [3.63, 3.8) is 0 Å². The summed E-state index contributed by atoms with van der Waals surface area (Å²) in [6.07, 6.45) is 2.56. The van der Waals surface area contributed by atoms with Crippen LogP contribution in [0.15, 0.2) is 48.0 Å². The van der Waals surface area contributed by atoms with Crippen LogP contribution in [-0.2, 0) is 9.59 Å². The van der Waals surface area contributed by atoms with E-state index in [4.69, 9.17) is 11.6 Å². The number of fused-ring (bicyclic) bond motifs is 1. The zero-order valence-electron chi connectivity index (χ0n) is 18.6. The molecule has 0 radical (unpaired) electrons. The Morgan fingerprint density at radius 2 is 1.81 bits per heavy atom. The van der Waals surface area contributed by atoms with Crippen LogP contribution in [-0.4, -0.2) is 29.9 Å². The van der Waals surface area contributed by atoms with E-state index in [0.29, 0.717) is 16.6 Å². The number of nitrogens with one attached hydrogen (secondary N) is 1. The fourth-order valence-corrected chi connectivity index (χ4v) is 4.97. The zero-order chi connectivity index (χ0) is 23.2. The molecule has 0 saturated carbocycles. The Balaban J connectivity index is 1.72. The van der Waals surface area contributed by atoms with Crippen molar-refractivity contribution in [1.29, 1.82) is 0 Å². The summed E-state index contributed by atoms with van der Waals surface area (Å²) in [5, 5.41) is 2.74. The van der Waals surface area contributed by atoms with Crippen LogP contribution in [0.4, 0.5) is 16.2 Å². The van der Waals surface area contributed by atoms with E-state index in [1.165, 1.54) is 11.3 Å². The average molecular weight is 452 g/mol. The van der Waals surface area contributed by atoms with Crippen LogP contribution in [0.25, 0.3) is 6.08 Å². The number of hydrogen-bond acceptors (Lipinski definition) is 4. The molecule has 2 heterocycles. The first kappa shape index (κ1) is 22.1. The summed E-state index contributed by atoms with van der Waals surface area (Å²) >= 11 is 5.92. The quantitative estimate of drug-likeness (QED) is 0.519. The van der Waals surface area contributed by atoms with Gasteiger partial charge in [-0.25, -0.2) is 9.69 Å². The van der Waals surface area contributed by atoms with E-state index in [1.54, 1.807) is 30.3 Å². The highest BCUT2D eigenvalue weighted by atomic mass is 35.5. The number of urea groups is 1. The Morgan fingerprint density at radius 3 is 2.47 bits per heavy atom. The normalized spacial score (nSPS) is 21.6. The van der Waals surface area contributed by atoms with E-state index >= 15 is 0 Å². The van der Waals surface area contributed by atoms with E-state index in [0.717, 1.165) is 23.4 Å². The summed E-state index contributed by atoms with van der Waals surface area (Å²) in [6, 6.07) is 11.5. The highest BCUT2D eigenvalue weighted by molar-refractivity contribution is 6.39. The molecule has 4 amide bonds. The number of amides is 4. The van der Waals surface area contributed by atoms with Gasteiger partial charge in [0.05, 0.1) is 5.69 Å². The number of rotatable bonds is 3. The number of nitrogens with zero attached hydrogens (tertiary/aromatic N) is 2. The van der Waals surface area contributed by atoms with E-state index in [2.05, 4.69) is 44.0 Å². The van der Waals surface area contributed by atoms with E-state index in [1.807, 2.05) is 12.1 Å². The lowest BCUT2D eigenvalue weighted by Crippen LogP contribution is -2.54. The van der Waals surface area contributed by atoms with Gasteiger partial charge in [0.1, 0.15) is 5.57 Å². The minimum absolute atomic E-state index is 0.0554. The Hall–Kier alpha value is -3.12. The van der Waals surface area contributed by atoms with Crippen molar-refractivity contribution in [1.82, 2.24) is 5.32 Å². The lowest BCUT2D eigenvalue weighted by atomic mass is 9.79. The second kappa shape index (κ2) is 8.10. The topological polar surface area (TPSA) is 69.7 Å². The summed E-state index contributed by atoms with van der Waals surface area (Å²) in [5.41, 5.74) is 3.42. The van der Waals surface area contributed by atoms with E-state index in [-0.39, 0.29) is 11.1 Å². The van der Waals surface area contributed by atoms with Crippen molar-refractivity contribution in [2.75, 3.05) is 16.3 Å². The summed E-state index contributed by atoms with van der Waals surface area (Å²) in [7, 11) is 0. The molecule has 2 aromatic rings. The van der Waals surface area contributed by atoms with Crippen LogP contribution >= 0.6 is 11.6 Å². The first-order valence-electron chi connectivity index (χ1n) is 10.7. The van der Waals surface area contributed by atoms with Crippen molar-refractivity contribution in [2.24, 2.45) is 0 Å². The molecule has 32 heavy (non-hydrogen) atoms. The molecule has 1 N–H and O–H groups in total. The largest absolute Gasteiger partial charge is 0.366 e. The van der Waals surface area contributed by atoms with Crippen LogP contribution in [0.3, 0.4) is 0 Å². The van der Waals surface area contributed by atoms with Gasteiger partial charge < -0.3 is 4.90 Å². The third-order valence-corrected chi connectivity index (χ3v) is 6.48. The number of carbonyl (C=O) groups is 3. The monoisotopic (exact) mass is 451 g/mol. The van der Waals surface area contributed by atoms with Crippen molar-refractivity contribution in [3.8, 4) is 0 Å².